The zero-order chi connectivity index (χ0) is 12.4. The van der Waals surface area contributed by atoms with Crippen molar-refractivity contribution in [2.45, 2.75) is 26.9 Å². The molecular weight excluding hydrogens is 220 g/mol. The molecule has 0 aliphatic carbocycles. The largest absolute Gasteiger partial charge is 0.457 e. The molecule has 0 saturated heterocycles. The maximum atomic E-state index is 11.7. The molecule has 0 radical (unpaired) electrons. The number of hydrogen-bond donors (Lipinski definition) is 0. The minimum atomic E-state index is -0.424. The van der Waals surface area contributed by atoms with Crippen LogP contribution < -0.4 is 4.74 Å². The molecule has 1 heterocycles. The van der Waals surface area contributed by atoms with Crippen molar-refractivity contribution < 1.29 is 19.1 Å². The summed E-state index contributed by atoms with van der Waals surface area (Å²) in [4.78, 5) is 23.2. The molecule has 1 atom stereocenters. The summed E-state index contributed by atoms with van der Waals surface area (Å²) in [6, 6.07) is 5.16. The van der Waals surface area contributed by atoms with Crippen molar-refractivity contribution in [1.82, 2.24) is 0 Å². The number of cyclic esters (lactones) is 1. The minimum absolute atomic E-state index is 0.178. The van der Waals surface area contributed by atoms with Gasteiger partial charge in [-0.15, -0.1) is 0 Å². The summed E-state index contributed by atoms with van der Waals surface area (Å²) < 4.78 is 10.1. The molecular formula is C13H14O4. The third kappa shape index (κ3) is 2.16. The number of benzene rings is 1. The highest BCUT2D eigenvalue weighted by Gasteiger charge is 2.27. The van der Waals surface area contributed by atoms with Gasteiger partial charge in [0, 0.05) is 5.56 Å². The van der Waals surface area contributed by atoms with Crippen LogP contribution in [0.3, 0.4) is 0 Å². The summed E-state index contributed by atoms with van der Waals surface area (Å²) in [5.41, 5.74) is 1.15. The monoisotopic (exact) mass is 234 g/mol. The van der Waals surface area contributed by atoms with Gasteiger partial charge in [-0.3, -0.25) is 4.79 Å². The molecule has 0 aromatic heterocycles. The lowest BCUT2D eigenvalue weighted by atomic mass is 10.1. The lowest BCUT2D eigenvalue weighted by Crippen LogP contribution is -2.18. The smallest absolute Gasteiger partial charge is 0.342 e. The van der Waals surface area contributed by atoms with Crippen LogP contribution in [0.15, 0.2) is 18.2 Å². The highest BCUT2D eigenvalue weighted by Crippen LogP contribution is 2.29. The zero-order valence-corrected chi connectivity index (χ0v) is 9.86. The Morgan fingerprint density at radius 3 is 3.00 bits per heavy atom. The number of ether oxygens (including phenoxy) is 2. The molecule has 1 aromatic carbocycles. The molecule has 1 unspecified atom stereocenters. The fourth-order valence-electron chi connectivity index (χ4n) is 1.60. The van der Waals surface area contributed by atoms with Crippen LogP contribution in [0, 0.1) is 5.92 Å². The first-order valence-electron chi connectivity index (χ1n) is 5.64. The summed E-state index contributed by atoms with van der Waals surface area (Å²) in [6.07, 6.45) is 0.707. The van der Waals surface area contributed by atoms with Crippen LogP contribution in [0.5, 0.6) is 5.75 Å². The fourth-order valence-corrected chi connectivity index (χ4v) is 1.60. The summed E-state index contributed by atoms with van der Waals surface area (Å²) in [5.74, 6) is -0.619. The Labute approximate surface area is 99.5 Å². The molecule has 1 aromatic rings. The second kappa shape index (κ2) is 4.57. The molecule has 0 fully saturated rings. The van der Waals surface area contributed by atoms with E-state index >= 15 is 0 Å². The molecule has 0 spiro atoms. The third-order valence-corrected chi connectivity index (χ3v) is 2.90. The summed E-state index contributed by atoms with van der Waals surface area (Å²) >= 11 is 0. The quantitative estimate of drug-likeness (QED) is 0.595. The van der Waals surface area contributed by atoms with Gasteiger partial charge in [0.2, 0.25) is 0 Å². The number of rotatable bonds is 3. The Morgan fingerprint density at radius 2 is 2.29 bits per heavy atom. The summed E-state index contributed by atoms with van der Waals surface area (Å²) in [7, 11) is 0. The van der Waals surface area contributed by atoms with Crippen molar-refractivity contribution in [2.75, 3.05) is 0 Å². The van der Waals surface area contributed by atoms with E-state index in [1.54, 1.807) is 25.1 Å². The van der Waals surface area contributed by atoms with E-state index in [1.807, 2.05) is 6.92 Å². The third-order valence-electron chi connectivity index (χ3n) is 2.90. The number of carbonyl (C=O) groups excluding carboxylic acids is 2. The molecule has 2 rings (SSSR count). The van der Waals surface area contributed by atoms with Gasteiger partial charge in [-0.2, -0.15) is 0 Å². The Morgan fingerprint density at radius 1 is 1.53 bits per heavy atom. The van der Waals surface area contributed by atoms with Gasteiger partial charge < -0.3 is 9.47 Å². The van der Waals surface area contributed by atoms with Crippen molar-refractivity contribution in [3.8, 4) is 5.75 Å². The number of hydrogen-bond acceptors (Lipinski definition) is 4. The molecule has 4 nitrogen and oxygen atoms in total. The topological polar surface area (TPSA) is 52.6 Å². The van der Waals surface area contributed by atoms with Crippen molar-refractivity contribution in [3.63, 3.8) is 0 Å². The van der Waals surface area contributed by atoms with E-state index in [-0.39, 0.29) is 18.5 Å². The van der Waals surface area contributed by atoms with E-state index in [4.69, 9.17) is 9.47 Å². The van der Waals surface area contributed by atoms with E-state index < -0.39 is 5.97 Å². The maximum Gasteiger partial charge on any atom is 0.342 e. The molecule has 0 saturated carbocycles. The van der Waals surface area contributed by atoms with Crippen molar-refractivity contribution >= 4 is 11.9 Å². The van der Waals surface area contributed by atoms with Crippen LogP contribution >= 0.6 is 0 Å². The molecule has 0 N–H and O–H groups in total. The SMILES string of the molecule is CCC(C)C(=O)Oc1cccc2c1C(=O)OC2. The van der Waals surface area contributed by atoms with E-state index in [9.17, 15) is 9.59 Å². The van der Waals surface area contributed by atoms with Gasteiger partial charge in [-0.1, -0.05) is 26.0 Å². The van der Waals surface area contributed by atoms with Crippen LogP contribution in [-0.2, 0) is 16.1 Å². The van der Waals surface area contributed by atoms with Gasteiger partial charge in [-0.25, -0.2) is 4.79 Å². The number of esters is 2. The van der Waals surface area contributed by atoms with Gasteiger partial charge in [0.15, 0.2) is 0 Å². The Balaban J connectivity index is 2.26. The minimum Gasteiger partial charge on any atom is -0.457 e. The van der Waals surface area contributed by atoms with Gasteiger partial charge in [0.1, 0.15) is 17.9 Å². The van der Waals surface area contributed by atoms with E-state index in [1.165, 1.54) is 0 Å². The van der Waals surface area contributed by atoms with Gasteiger partial charge in [0.05, 0.1) is 5.92 Å². The van der Waals surface area contributed by atoms with E-state index in [2.05, 4.69) is 0 Å². The second-order valence-electron chi connectivity index (χ2n) is 4.10. The average Bonchev–Trinajstić information content (AvgIpc) is 2.71. The first kappa shape index (κ1) is 11.6. The van der Waals surface area contributed by atoms with E-state index in [0.717, 1.165) is 5.56 Å². The van der Waals surface area contributed by atoms with Crippen LogP contribution in [0.1, 0.15) is 36.2 Å². The second-order valence-corrected chi connectivity index (χ2v) is 4.10. The predicted octanol–water partition coefficient (Wildman–Crippen LogP) is 2.31. The summed E-state index contributed by atoms with van der Waals surface area (Å²) in [6.45, 7) is 3.96. The van der Waals surface area contributed by atoms with E-state index in [0.29, 0.717) is 17.7 Å². The standard InChI is InChI=1S/C13H14O4/c1-3-8(2)12(14)17-10-6-4-5-9-7-16-13(15)11(9)10/h4-6,8H,3,7H2,1-2H3. The Kier molecular flexibility index (Phi) is 3.13. The fraction of sp³-hybridized carbons (Fsp3) is 0.385. The zero-order valence-electron chi connectivity index (χ0n) is 9.86. The van der Waals surface area contributed by atoms with Crippen molar-refractivity contribution in [3.05, 3.63) is 29.3 Å². The average molecular weight is 234 g/mol. The normalized spacial score (nSPS) is 15.1. The van der Waals surface area contributed by atoms with Gasteiger partial charge in [0.25, 0.3) is 0 Å². The highest BCUT2D eigenvalue weighted by molar-refractivity contribution is 5.97. The first-order valence-corrected chi connectivity index (χ1v) is 5.64. The maximum absolute atomic E-state index is 11.7. The molecule has 17 heavy (non-hydrogen) atoms. The van der Waals surface area contributed by atoms with Crippen LogP contribution in [-0.4, -0.2) is 11.9 Å². The number of carbonyl (C=O) groups is 2. The Hall–Kier alpha value is -1.84. The Bertz CT molecular complexity index is 464. The molecule has 4 heteroatoms. The van der Waals surface area contributed by atoms with Gasteiger partial charge in [-0.05, 0) is 12.5 Å². The lowest BCUT2D eigenvalue weighted by Gasteiger charge is -2.10. The molecule has 0 amide bonds. The van der Waals surface area contributed by atoms with Crippen LogP contribution in [0.4, 0.5) is 0 Å². The summed E-state index contributed by atoms with van der Waals surface area (Å²) in [5, 5.41) is 0. The first-order chi connectivity index (χ1) is 8.13. The lowest BCUT2D eigenvalue weighted by molar-refractivity contribution is -0.138. The predicted molar refractivity (Wildman–Crippen MR) is 60.7 cm³/mol. The van der Waals surface area contributed by atoms with Crippen molar-refractivity contribution in [1.29, 1.82) is 0 Å². The molecule has 1 aliphatic rings. The van der Waals surface area contributed by atoms with Gasteiger partial charge >= 0.3 is 11.9 Å². The molecule has 90 valence electrons. The molecule has 0 bridgehead atoms. The molecule has 1 aliphatic heterocycles. The van der Waals surface area contributed by atoms with Crippen molar-refractivity contribution in [2.24, 2.45) is 5.92 Å². The highest BCUT2D eigenvalue weighted by atomic mass is 16.6. The number of fused-ring (bicyclic) bond motifs is 1. The van der Waals surface area contributed by atoms with Crippen LogP contribution in [0.25, 0.3) is 0 Å². The van der Waals surface area contributed by atoms with Crippen LogP contribution in [0.2, 0.25) is 0 Å².